The van der Waals surface area contributed by atoms with Gasteiger partial charge in [-0.05, 0) is 50.0 Å². The highest BCUT2D eigenvalue weighted by Crippen LogP contribution is 2.40. The minimum atomic E-state index is 0.681. The van der Waals surface area contributed by atoms with E-state index >= 15 is 0 Å². The van der Waals surface area contributed by atoms with Crippen LogP contribution in [0.4, 0.5) is 0 Å². The van der Waals surface area contributed by atoms with Crippen LogP contribution in [0.25, 0.3) is 0 Å². The van der Waals surface area contributed by atoms with E-state index in [4.69, 9.17) is 0 Å². The van der Waals surface area contributed by atoms with Crippen LogP contribution in [-0.2, 0) is 0 Å². The summed E-state index contributed by atoms with van der Waals surface area (Å²) in [7, 11) is 0. The zero-order chi connectivity index (χ0) is 9.86. The van der Waals surface area contributed by atoms with Crippen molar-refractivity contribution in [3.63, 3.8) is 0 Å². The Hall–Kier alpha value is -0.0400. The summed E-state index contributed by atoms with van der Waals surface area (Å²) < 4.78 is 0. The van der Waals surface area contributed by atoms with Gasteiger partial charge in [0.2, 0.25) is 0 Å². The van der Waals surface area contributed by atoms with Crippen LogP contribution in [0.3, 0.4) is 0 Å². The highest BCUT2D eigenvalue weighted by molar-refractivity contribution is 4.87. The highest BCUT2D eigenvalue weighted by Gasteiger charge is 2.32. The lowest BCUT2D eigenvalue weighted by Crippen LogP contribution is -2.41. The zero-order valence-electron chi connectivity index (χ0n) is 9.65. The van der Waals surface area contributed by atoms with Crippen molar-refractivity contribution >= 4 is 0 Å². The first-order valence-electron chi connectivity index (χ1n) is 6.55. The summed E-state index contributed by atoms with van der Waals surface area (Å²) in [6, 6.07) is 0. The Kier molecular flexibility index (Phi) is 3.48. The Morgan fingerprint density at radius 3 is 2.57 bits per heavy atom. The van der Waals surface area contributed by atoms with Crippen LogP contribution >= 0.6 is 0 Å². The first kappa shape index (κ1) is 10.5. The van der Waals surface area contributed by atoms with Crippen molar-refractivity contribution in [2.24, 2.45) is 11.3 Å². The van der Waals surface area contributed by atoms with E-state index in [2.05, 4.69) is 12.2 Å². The largest absolute Gasteiger partial charge is 0.316 e. The van der Waals surface area contributed by atoms with Crippen molar-refractivity contribution in [1.82, 2.24) is 5.32 Å². The SMILES string of the molecule is CCCC12CCCC(CCC1)CNC2. The van der Waals surface area contributed by atoms with E-state index in [0.29, 0.717) is 5.41 Å². The Morgan fingerprint density at radius 2 is 1.93 bits per heavy atom. The maximum absolute atomic E-state index is 3.71. The van der Waals surface area contributed by atoms with Crippen LogP contribution in [-0.4, -0.2) is 13.1 Å². The van der Waals surface area contributed by atoms with Gasteiger partial charge in [0.15, 0.2) is 0 Å². The molecular formula is C13H25N. The van der Waals surface area contributed by atoms with Gasteiger partial charge in [0.05, 0.1) is 0 Å². The molecule has 0 atom stereocenters. The van der Waals surface area contributed by atoms with Gasteiger partial charge in [0.25, 0.3) is 0 Å². The van der Waals surface area contributed by atoms with E-state index in [1.165, 1.54) is 64.5 Å². The number of nitrogens with one attached hydrogen (secondary N) is 1. The molecule has 2 saturated heterocycles. The summed E-state index contributed by atoms with van der Waals surface area (Å²) in [6.07, 6.45) is 11.8. The van der Waals surface area contributed by atoms with Crippen LogP contribution in [0, 0.1) is 11.3 Å². The summed E-state index contributed by atoms with van der Waals surface area (Å²) in [5.41, 5.74) is 0.681. The van der Waals surface area contributed by atoms with Crippen LogP contribution in [0.15, 0.2) is 0 Å². The van der Waals surface area contributed by atoms with E-state index in [9.17, 15) is 0 Å². The molecule has 2 aliphatic heterocycles. The monoisotopic (exact) mass is 195 g/mol. The molecule has 0 spiro atoms. The fourth-order valence-electron chi connectivity index (χ4n) is 3.59. The van der Waals surface area contributed by atoms with Crippen LogP contribution in [0.2, 0.25) is 0 Å². The Morgan fingerprint density at radius 1 is 1.21 bits per heavy atom. The molecule has 3 aliphatic rings. The lowest BCUT2D eigenvalue weighted by Gasteiger charge is -2.40. The molecule has 0 aromatic carbocycles. The predicted octanol–water partition coefficient (Wildman–Crippen LogP) is 3.35. The third-order valence-corrected chi connectivity index (χ3v) is 4.35. The fraction of sp³-hybridized carbons (Fsp3) is 1.00. The quantitative estimate of drug-likeness (QED) is 0.712. The van der Waals surface area contributed by atoms with Gasteiger partial charge in [-0.3, -0.25) is 0 Å². The second kappa shape index (κ2) is 4.65. The molecule has 1 nitrogen and oxygen atoms in total. The molecule has 0 amide bonds. The van der Waals surface area contributed by atoms with Gasteiger partial charge in [-0.25, -0.2) is 0 Å². The van der Waals surface area contributed by atoms with Gasteiger partial charge in [0, 0.05) is 6.54 Å². The Balaban J connectivity index is 2.04. The fourth-order valence-corrected chi connectivity index (χ4v) is 3.59. The molecule has 3 fully saturated rings. The van der Waals surface area contributed by atoms with Crippen molar-refractivity contribution in [2.45, 2.75) is 58.3 Å². The Bertz CT molecular complexity index is 150. The normalized spacial score (nSPS) is 38.8. The maximum atomic E-state index is 3.71. The molecule has 1 saturated carbocycles. The van der Waals surface area contributed by atoms with Crippen molar-refractivity contribution < 1.29 is 0 Å². The summed E-state index contributed by atoms with van der Waals surface area (Å²) in [5, 5.41) is 3.71. The molecule has 0 unspecified atom stereocenters. The number of fused-ring (bicyclic) bond motifs is 6. The third kappa shape index (κ3) is 2.31. The molecule has 1 heteroatoms. The first-order chi connectivity index (χ1) is 6.85. The van der Waals surface area contributed by atoms with Gasteiger partial charge in [-0.1, -0.05) is 26.2 Å². The number of rotatable bonds is 2. The van der Waals surface area contributed by atoms with Gasteiger partial charge >= 0.3 is 0 Å². The molecule has 3 rings (SSSR count). The van der Waals surface area contributed by atoms with Gasteiger partial charge in [0.1, 0.15) is 0 Å². The summed E-state index contributed by atoms with van der Waals surface area (Å²) >= 11 is 0. The average molecular weight is 195 g/mol. The molecular weight excluding hydrogens is 170 g/mol. The topological polar surface area (TPSA) is 12.0 Å². The van der Waals surface area contributed by atoms with Crippen molar-refractivity contribution in [2.75, 3.05) is 13.1 Å². The molecule has 0 aromatic rings. The average Bonchev–Trinajstić information content (AvgIpc) is 2.06. The van der Waals surface area contributed by atoms with E-state index in [0.717, 1.165) is 5.92 Å². The zero-order valence-corrected chi connectivity index (χ0v) is 9.65. The van der Waals surface area contributed by atoms with Crippen molar-refractivity contribution in [3.8, 4) is 0 Å². The van der Waals surface area contributed by atoms with Crippen molar-refractivity contribution in [1.29, 1.82) is 0 Å². The predicted molar refractivity (Wildman–Crippen MR) is 61.4 cm³/mol. The van der Waals surface area contributed by atoms with E-state index in [1.807, 2.05) is 0 Å². The van der Waals surface area contributed by atoms with E-state index in [-0.39, 0.29) is 0 Å². The summed E-state index contributed by atoms with van der Waals surface area (Å²) in [4.78, 5) is 0. The lowest BCUT2D eigenvalue weighted by atomic mass is 9.70. The highest BCUT2D eigenvalue weighted by atomic mass is 14.9. The number of hydrogen-bond donors (Lipinski definition) is 1. The minimum absolute atomic E-state index is 0.681. The van der Waals surface area contributed by atoms with Gasteiger partial charge in [-0.15, -0.1) is 0 Å². The Labute approximate surface area is 88.7 Å². The molecule has 82 valence electrons. The molecule has 1 N–H and O–H groups in total. The van der Waals surface area contributed by atoms with Gasteiger partial charge in [-0.2, -0.15) is 0 Å². The molecule has 14 heavy (non-hydrogen) atoms. The van der Waals surface area contributed by atoms with Crippen molar-refractivity contribution in [3.05, 3.63) is 0 Å². The van der Waals surface area contributed by atoms with Gasteiger partial charge < -0.3 is 5.32 Å². The molecule has 0 aromatic heterocycles. The lowest BCUT2D eigenvalue weighted by molar-refractivity contribution is 0.141. The second-order valence-corrected chi connectivity index (χ2v) is 5.53. The van der Waals surface area contributed by atoms with Crippen LogP contribution < -0.4 is 5.32 Å². The van der Waals surface area contributed by atoms with E-state index < -0.39 is 0 Å². The maximum Gasteiger partial charge on any atom is 0.000792 e. The minimum Gasteiger partial charge on any atom is -0.316 e. The molecule has 1 aliphatic carbocycles. The molecule has 2 bridgehead atoms. The summed E-state index contributed by atoms with van der Waals surface area (Å²) in [6.45, 7) is 4.94. The third-order valence-electron chi connectivity index (χ3n) is 4.35. The number of hydrogen-bond acceptors (Lipinski definition) is 1. The van der Waals surface area contributed by atoms with Crippen LogP contribution in [0.1, 0.15) is 58.3 Å². The summed E-state index contributed by atoms with van der Waals surface area (Å²) in [5.74, 6) is 0.995. The van der Waals surface area contributed by atoms with Crippen LogP contribution in [0.5, 0.6) is 0 Å². The smallest absolute Gasteiger partial charge is 0.000792 e. The molecule has 2 heterocycles. The van der Waals surface area contributed by atoms with E-state index in [1.54, 1.807) is 0 Å². The first-order valence-corrected chi connectivity index (χ1v) is 6.55. The molecule has 0 radical (unpaired) electrons. The standard InChI is InChI=1S/C13H25N/c1-2-7-13-8-3-5-12(6-4-9-13)10-14-11-13/h12,14H,2-11H2,1H3. The second-order valence-electron chi connectivity index (χ2n) is 5.53.